The molecule has 0 bridgehead atoms. The van der Waals surface area contributed by atoms with Crippen LogP contribution < -0.4 is 0 Å². The summed E-state index contributed by atoms with van der Waals surface area (Å²) in [7, 11) is 0. The van der Waals surface area contributed by atoms with Crippen LogP contribution in [0.25, 0.3) is 0 Å². The van der Waals surface area contributed by atoms with Crippen molar-refractivity contribution in [3.05, 3.63) is 31.8 Å². The van der Waals surface area contributed by atoms with Gasteiger partial charge in [0.05, 0.1) is 0 Å². The summed E-state index contributed by atoms with van der Waals surface area (Å²) in [6.45, 7) is 0. The Balaban J connectivity index is 2.97. The molecule has 0 saturated heterocycles. The van der Waals surface area contributed by atoms with E-state index >= 15 is 0 Å². The Hall–Kier alpha value is 0.390. The highest BCUT2D eigenvalue weighted by Gasteiger charge is 2.04. The van der Waals surface area contributed by atoms with Gasteiger partial charge in [0.2, 0.25) is 5.24 Å². The lowest BCUT2D eigenvalue weighted by Crippen LogP contribution is -1.95. The molecule has 0 aromatic heterocycles. The van der Waals surface area contributed by atoms with E-state index in [2.05, 4.69) is 38.5 Å². The molecule has 1 rings (SSSR count). The molecule has 0 saturated carbocycles. The summed E-state index contributed by atoms with van der Waals surface area (Å²) < 4.78 is 2.03. The van der Waals surface area contributed by atoms with Crippen molar-refractivity contribution in [1.29, 1.82) is 0 Å². The predicted molar refractivity (Wildman–Crippen MR) is 61.4 cm³/mol. The van der Waals surface area contributed by atoms with Crippen molar-refractivity contribution in [1.82, 2.24) is 0 Å². The molecule has 0 N–H and O–H groups in total. The lowest BCUT2D eigenvalue weighted by atomic mass is 10.2. The zero-order valence-electron chi connectivity index (χ0n) is 5.98. The number of carbonyl (C=O) groups excluding carboxylic acids is 1. The number of hydrogen-bond acceptors (Lipinski definition) is 1. The van der Waals surface area contributed by atoms with Crippen LogP contribution in [-0.4, -0.2) is 5.24 Å². The second kappa shape index (κ2) is 4.58. The fourth-order valence-corrected chi connectivity index (χ4v) is 1.91. The van der Waals surface area contributed by atoms with Gasteiger partial charge in [-0.25, -0.2) is 0 Å². The van der Waals surface area contributed by atoms with Gasteiger partial charge in [-0.2, -0.15) is 0 Å². The van der Waals surface area contributed by atoms with Gasteiger partial charge in [-0.05, 0) is 58.0 Å². The minimum absolute atomic E-state index is 0.291. The monoisotopic (exact) mass is 358 g/mol. The Morgan fingerprint density at radius 1 is 1.58 bits per heavy atom. The molecule has 0 spiro atoms. The van der Waals surface area contributed by atoms with Gasteiger partial charge in [-0.3, -0.25) is 4.79 Å². The normalized spacial score (nSPS) is 9.92. The van der Waals surface area contributed by atoms with Crippen LogP contribution in [0, 0.1) is 3.57 Å². The highest BCUT2D eigenvalue weighted by molar-refractivity contribution is 14.1. The van der Waals surface area contributed by atoms with Crippen molar-refractivity contribution in [3.63, 3.8) is 0 Å². The number of rotatable bonds is 2. The van der Waals surface area contributed by atoms with E-state index < -0.39 is 0 Å². The van der Waals surface area contributed by atoms with Gasteiger partial charge in [0.1, 0.15) is 0 Å². The molecule has 0 aliphatic rings. The number of benzene rings is 1. The second-order valence-electron chi connectivity index (χ2n) is 2.27. The summed E-state index contributed by atoms with van der Waals surface area (Å²) in [6, 6.07) is 5.78. The lowest BCUT2D eigenvalue weighted by Gasteiger charge is -2.00. The van der Waals surface area contributed by atoms with E-state index in [0.29, 0.717) is 6.42 Å². The van der Waals surface area contributed by atoms with Gasteiger partial charge in [-0.1, -0.05) is 15.9 Å². The van der Waals surface area contributed by atoms with Crippen LogP contribution in [0.4, 0.5) is 0 Å². The molecule has 0 aliphatic heterocycles. The largest absolute Gasteiger partial charge is 0.281 e. The maximum atomic E-state index is 10.6. The summed E-state index contributed by atoms with van der Waals surface area (Å²) in [4.78, 5) is 10.6. The van der Waals surface area contributed by atoms with Crippen LogP contribution in [0.15, 0.2) is 22.7 Å². The Morgan fingerprint density at radius 3 is 2.83 bits per heavy atom. The van der Waals surface area contributed by atoms with Crippen LogP contribution in [0.5, 0.6) is 0 Å². The van der Waals surface area contributed by atoms with Crippen molar-refractivity contribution in [2.45, 2.75) is 6.42 Å². The predicted octanol–water partition coefficient (Wildman–Crippen LogP) is 3.36. The van der Waals surface area contributed by atoms with Crippen LogP contribution in [-0.2, 0) is 11.2 Å². The van der Waals surface area contributed by atoms with Crippen molar-refractivity contribution in [2.24, 2.45) is 0 Å². The van der Waals surface area contributed by atoms with Gasteiger partial charge in [0.15, 0.2) is 0 Å². The molecule has 4 heteroatoms. The van der Waals surface area contributed by atoms with E-state index in [1.165, 1.54) is 0 Å². The van der Waals surface area contributed by atoms with Crippen molar-refractivity contribution in [2.75, 3.05) is 0 Å². The molecule has 0 radical (unpaired) electrons. The Kier molecular flexibility index (Phi) is 3.99. The molecule has 64 valence electrons. The first-order valence-electron chi connectivity index (χ1n) is 3.22. The van der Waals surface area contributed by atoms with Crippen LogP contribution >= 0.6 is 50.1 Å². The molecular formula is C8H5BrClIO. The average molecular weight is 359 g/mol. The minimum atomic E-state index is -0.328. The van der Waals surface area contributed by atoms with Gasteiger partial charge >= 0.3 is 0 Å². The van der Waals surface area contributed by atoms with E-state index in [4.69, 9.17) is 11.6 Å². The maximum absolute atomic E-state index is 10.6. The van der Waals surface area contributed by atoms with Crippen LogP contribution in [0.1, 0.15) is 5.56 Å². The highest BCUT2D eigenvalue weighted by Crippen LogP contribution is 2.19. The van der Waals surface area contributed by atoms with Gasteiger partial charge in [-0.15, -0.1) is 0 Å². The third-order valence-electron chi connectivity index (χ3n) is 1.34. The second-order valence-corrected chi connectivity index (χ2v) is 4.77. The van der Waals surface area contributed by atoms with E-state index in [-0.39, 0.29) is 5.24 Å². The zero-order chi connectivity index (χ0) is 9.14. The van der Waals surface area contributed by atoms with Crippen molar-refractivity contribution >= 4 is 55.4 Å². The molecule has 0 fully saturated rings. The average Bonchev–Trinajstić information content (AvgIpc) is 1.96. The zero-order valence-corrected chi connectivity index (χ0v) is 10.5. The van der Waals surface area contributed by atoms with E-state index in [1.54, 1.807) is 0 Å². The molecule has 0 amide bonds. The molecule has 0 unspecified atom stereocenters. The highest BCUT2D eigenvalue weighted by atomic mass is 127. The Labute approximate surface area is 97.8 Å². The molecule has 12 heavy (non-hydrogen) atoms. The maximum Gasteiger partial charge on any atom is 0.226 e. The first-order chi connectivity index (χ1) is 5.59. The first-order valence-corrected chi connectivity index (χ1v) is 5.47. The summed E-state index contributed by atoms with van der Waals surface area (Å²) in [5.74, 6) is 0. The topological polar surface area (TPSA) is 17.1 Å². The standard InChI is InChI=1S/C8H5BrClIO/c9-6-1-2-7(11)5(3-6)4-8(10)12/h1-3H,4H2. The fraction of sp³-hybridized carbons (Fsp3) is 0.125. The van der Waals surface area contributed by atoms with E-state index in [9.17, 15) is 4.79 Å². The van der Waals surface area contributed by atoms with Crippen LogP contribution in [0.2, 0.25) is 0 Å². The van der Waals surface area contributed by atoms with Gasteiger partial charge in [0.25, 0.3) is 0 Å². The molecule has 1 aromatic rings. The quantitative estimate of drug-likeness (QED) is 0.585. The summed E-state index contributed by atoms with van der Waals surface area (Å²) in [5, 5.41) is -0.328. The molecule has 0 aliphatic carbocycles. The molecular weight excluding hydrogens is 354 g/mol. The summed E-state index contributed by atoms with van der Waals surface area (Å²) in [6.07, 6.45) is 0.291. The van der Waals surface area contributed by atoms with Crippen LogP contribution in [0.3, 0.4) is 0 Å². The Bertz CT molecular complexity index is 314. The minimum Gasteiger partial charge on any atom is -0.281 e. The number of halogens is 3. The lowest BCUT2D eigenvalue weighted by molar-refractivity contribution is -0.111. The van der Waals surface area contributed by atoms with E-state index in [1.807, 2.05) is 18.2 Å². The van der Waals surface area contributed by atoms with Gasteiger partial charge < -0.3 is 0 Å². The van der Waals surface area contributed by atoms with E-state index in [0.717, 1.165) is 13.6 Å². The first kappa shape index (κ1) is 10.5. The SMILES string of the molecule is O=C(Cl)Cc1cc(Br)ccc1I. The number of hydrogen-bond donors (Lipinski definition) is 0. The smallest absolute Gasteiger partial charge is 0.226 e. The van der Waals surface area contributed by atoms with Gasteiger partial charge in [0, 0.05) is 14.5 Å². The summed E-state index contributed by atoms with van der Waals surface area (Å²) in [5.41, 5.74) is 0.963. The molecule has 1 nitrogen and oxygen atoms in total. The van der Waals surface area contributed by atoms with Crippen molar-refractivity contribution in [3.8, 4) is 0 Å². The third kappa shape index (κ3) is 3.03. The van der Waals surface area contributed by atoms with Crippen molar-refractivity contribution < 1.29 is 4.79 Å². The third-order valence-corrected chi connectivity index (χ3v) is 3.02. The molecule has 1 aromatic carbocycles. The number of carbonyl (C=O) groups is 1. The Morgan fingerprint density at radius 2 is 2.25 bits per heavy atom. The molecule has 0 heterocycles. The fourth-order valence-electron chi connectivity index (χ4n) is 0.829. The summed E-state index contributed by atoms with van der Waals surface area (Å²) >= 11 is 10.8. The molecule has 0 atom stereocenters.